The average molecular weight is 335 g/mol. The second-order valence-electron chi connectivity index (χ2n) is 5.16. The molecular weight excluding hydrogens is 317 g/mol. The monoisotopic (exact) mass is 335 g/mol. The number of hydrogen-bond donors (Lipinski definition) is 2. The van der Waals surface area contributed by atoms with E-state index in [1.54, 1.807) is 18.3 Å². The molecule has 1 aromatic heterocycles. The van der Waals surface area contributed by atoms with E-state index in [9.17, 15) is 14.0 Å². The van der Waals surface area contributed by atoms with Gasteiger partial charge in [0.15, 0.2) is 0 Å². The lowest BCUT2D eigenvalue weighted by Crippen LogP contribution is -2.37. The highest BCUT2D eigenvalue weighted by molar-refractivity contribution is 7.09. The van der Waals surface area contributed by atoms with Gasteiger partial charge in [0.05, 0.1) is 10.9 Å². The van der Waals surface area contributed by atoms with Crippen molar-refractivity contribution in [2.75, 3.05) is 6.54 Å². The van der Waals surface area contributed by atoms with Crippen LogP contribution in [0.4, 0.5) is 4.39 Å². The molecule has 1 aromatic carbocycles. The molecule has 1 unspecified atom stereocenters. The zero-order valence-electron chi connectivity index (χ0n) is 12.5. The first-order valence-electron chi connectivity index (χ1n) is 7.23. The molecule has 1 atom stereocenters. The summed E-state index contributed by atoms with van der Waals surface area (Å²) < 4.78 is 12.9. The smallest absolute Gasteiger partial charge is 0.222 e. The van der Waals surface area contributed by atoms with Gasteiger partial charge in [-0.1, -0.05) is 12.1 Å². The molecule has 2 aromatic rings. The van der Waals surface area contributed by atoms with Gasteiger partial charge in [0.1, 0.15) is 5.82 Å². The summed E-state index contributed by atoms with van der Waals surface area (Å²) in [5, 5.41) is 5.48. The van der Waals surface area contributed by atoms with Crippen LogP contribution >= 0.6 is 11.3 Å². The zero-order valence-corrected chi connectivity index (χ0v) is 13.3. The molecule has 0 spiro atoms. The Kier molecular flexibility index (Phi) is 6.22. The molecule has 122 valence electrons. The first-order valence-corrected chi connectivity index (χ1v) is 8.11. The number of aryl methyl sites for hydroxylation is 1. The minimum Gasteiger partial charge on any atom is -0.369 e. The largest absolute Gasteiger partial charge is 0.369 e. The van der Waals surface area contributed by atoms with E-state index >= 15 is 0 Å². The van der Waals surface area contributed by atoms with Crippen molar-refractivity contribution in [2.45, 2.75) is 19.3 Å². The Labute approximate surface area is 137 Å². The van der Waals surface area contributed by atoms with E-state index in [0.717, 1.165) is 10.6 Å². The van der Waals surface area contributed by atoms with Crippen LogP contribution in [-0.2, 0) is 22.4 Å². The fourth-order valence-electron chi connectivity index (χ4n) is 2.10. The average Bonchev–Trinajstić information content (AvgIpc) is 3.04. The van der Waals surface area contributed by atoms with Gasteiger partial charge in [-0.3, -0.25) is 9.59 Å². The maximum absolute atomic E-state index is 12.9. The summed E-state index contributed by atoms with van der Waals surface area (Å²) in [4.78, 5) is 27.5. The quantitative estimate of drug-likeness (QED) is 0.769. The molecule has 0 aliphatic carbocycles. The van der Waals surface area contributed by atoms with E-state index in [1.807, 2.05) is 5.38 Å². The van der Waals surface area contributed by atoms with E-state index in [2.05, 4.69) is 10.3 Å². The number of benzene rings is 1. The van der Waals surface area contributed by atoms with Crippen molar-refractivity contribution in [2.24, 2.45) is 11.7 Å². The van der Waals surface area contributed by atoms with Crippen molar-refractivity contribution in [1.29, 1.82) is 0 Å². The zero-order chi connectivity index (χ0) is 16.7. The van der Waals surface area contributed by atoms with Crippen LogP contribution in [0.15, 0.2) is 35.8 Å². The van der Waals surface area contributed by atoms with E-state index < -0.39 is 11.8 Å². The molecular formula is C16H18FN3O2S. The van der Waals surface area contributed by atoms with Crippen LogP contribution in [0.1, 0.15) is 17.0 Å². The van der Waals surface area contributed by atoms with E-state index in [0.29, 0.717) is 19.3 Å². The third kappa shape index (κ3) is 5.78. The Morgan fingerprint density at radius 2 is 2.04 bits per heavy atom. The Morgan fingerprint density at radius 3 is 2.65 bits per heavy atom. The van der Waals surface area contributed by atoms with Crippen LogP contribution in [0.3, 0.4) is 0 Å². The fourth-order valence-corrected chi connectivity index (χ4v) is 2.72. The van der Waals surface area contributed by atoms with Gasteiger partial charge in [0, 0.05) is 31.0 Å². The third-order valence-corrected chi connectivity index (χ3v) is 4.23. The summed E-state index contributed by atoms with van der Waals surface area (Å²) in [6.45, 7) is 0.170. The predicted octanol–water partition coefficient (Wildman–Crippen LogP) is 1.68. The molecule has 0 fully saturated rings. The molecule has 0 saturated heterocycles. The van der Waals surface area contributed by atoms with E-state index in [-0.39, 0.29) is 18.3 Å². The molecule has 1 heterocycles. The first kappa shape index (κ1) is 17.1. The van der Waals surface area contributed by atoms with Crippen molar-refractivity contribution in [3.8, 4) is 0 Å². The van der Waals surface area contributed by atoms with Gasteiger partial charge >= 0.3 is 0 Å². The molecule has 0 aliphatic rings. The summed E-state index contributed by atoms with van der Waals surface area (Å²) in [6, 6.07) is 5.88. The molecule has 5 nitrogen and oxygen atoms in total. The SMILES string of the molecule is NC(=O)C(CNC(=O)CCc1nccs1)Cc1ccc(F)cc1. The summed E-state index contributed by atoms with van der Waals surface area (Å²) in [7, 11) is 0. The number of primary amides is 1. The summed E-state index contributed by atoms with van der Waals surface area (Å²) in [6.07, 6.45) is 2.95. The fraction of sp³-hybridized carbons (Fsp3) is 0.312. The van der Waals surface area contributed by atoms with Crippen LogP contribution in [0.5, 0.6) is 0 Å². The molecule has 0 radical (unpaired) electrons. The van der Waals surface area contributed by atoms with Crippen LogP contribution in [0.25, 0.3) is 0 Å². The Hall–Kier alpha value is -2.28. The van der Waals surface area contributed by atoms with Gasteiger partial charge in [0.25, 0.3) is 0 Å². The number of hydrogen-bond acceptors (Lipinski definition) is 4. The summed E-state index contributed by atoms with van der Waals surface area (Å²) in [5.41, 5.74) is 6.18. The number of carbonyl (C=O) groups is 2. The highest BCUT2D eigenvalue weighted by Gasteiger charge is 2.17. The number of rotatable bonds is 8. The number of nitrogens with two attached hydrogens (primary N) is 1. The lowest BCUT2D eigenvalue weighted by atomic mass is 9.98. The van der Waals surface area contributed by atoms with E-state index in [4.69, 9.17) is 5.73 Å². The standard InChI is InChI=1S/C16H18FN3O2S/c17-13-3-1-11(2-4-13)9-12(16(18)22)10-20-14(21)5-6-15-19-7-8-23-15/h1-4,7-8,12H,5-6,9-10H2,(H2,18,22)(H,20,21). The number of nitrogens with zero attached hydrogens (tertiary/aromatic N) is 1. The summed E-state index contributed by atoms with van der Waals surface area (Å²) >= 11 is 1.50. The van der Waals surface area contributed by atoms with Gasteiger partial charge < -0.3 is 11.1 Å². The highest BCUT2D eigenvalue weighted by Crippen LogP contribution is 2.10. The van der Waals surface area contributed by atoms with Crippen molar-refractivity contribution < 1.29 is 14.0 Å². The predicted molar refractivity (Wildman–Crippen MR) is 86.2 cm³/mol. The molecule has 2 rings (SSSR count). The number of nitrogens with one attached hydrogen (secondary N) is 1. The van der Waals surface area contributed by atoms with Crippen molar-refractivity contribution in [1.82, 2.24) is 10.3 Å². The third-order valence-electron chi connectivity index (χ3n) is 3.39. The van der Waals surface area contributed by atoms with Crippen LogP contribution in [-0.4, -0.2) is 23.3 Å². The molecule has 0 aliphatic heterocycles. The first-order chi connectivity index (χ1) is 11.0. The van der Waals surface area contributed by atoms with Gasteiger partial charge in [-0.05, 0) is 24.1 Å². The Balaban J connectivity index is 1.80. The second-order valence-corrected chi connectivity index (χ2v) is 6.14. The van der Waals surface area contributed by atoms with Gasteiger partial charge in [-0.25, -0.2) is 9.37 Å². The van der Waals surface area contributed by atoms with Crippen molar-refractivity contribution in [3.63, 3.8) is 0 Å². The van der Waals surface area contributed by atoms with Crippen LogP contribution < -0.4 is 11.1 Å². The van der Waals surface area contributed by atoms with E-state index in [1.165, 1.54) is 23.5 Å². The maximum atomic E-state index is 12.9. The maximum Gasteiger partial charge on any atom is 0.222 e. The Bertz CT molecular complexity index is 644. The van der Waals surface area contributed by atoms with Crippen LogP contribution in [0.2, 0.25) is 0 Å². The van der Waals surface area contributed by atoms with Gasteiger partial charge in [-0.2, -0.15) is 0 Å². The molecule has 2 amide bonds. The minimum atomic E-state index is -0.524. The topological polar surface area (TPSA) is 85.1 Å². The lowest BCUT2D eigenvalue weighted by Gasteiger charge is -2.14. The van der Waals surface area contributed by atoms with Crippen LogP contribution in [0, 0.1) is 11.7 Å². The normalized spacial score (nSPS) is 11.9. The Morgan fingerprint density at radius 1 is 1.30 bits per heavy atom. The molecule has 7 heteroatoms. The number of carbonyl (C=O) groups excluding carboxylic acids is 2. The second kappa shape index (κ2) is 8.38. The van der Waals surface area contributed by atoms with Crippen molar-refractivity contribution in [3.05, 3.63) is 52.2 Å². The van der Waals surface area contributed by atoms with Gasteiger partial charge in [0.2, 0.25) is 11.8 Å². The molecule has 0 saturated carbocycles. The number of amides is 2. The minimum absolute atomic E-state index is 0.148. The number of thiazole rings is 1. The molecule has 3 N–H and O–H groups in total. The summed E-state index contributed by atoms with van der Waals surface area (Å²) in [5.74, 6) is -1.50. The number of halogens is 1. The molecule has 0 bridgehead atoms. The highest BCUT2D eigenvalue weighted by atomic mass is 32.1. The van der Waals surface area contributed by atoms with Gasteiger partial charge in [-0.15, -0.1) is 11.3 Å². The number of aromatic nitrogens is 1. The van der Waals surface area contributed by atoms with Crippen molar-refractivity contribution >= 4 is 23.2 Å². The lowest BCUT2D eigenvalue weighted by molar-refractivity contribution is -0.123. The molecule has 23 heavy (non-hydrogen) atoms.